The van der Waals surface area contributed by atoms with Crippen molar-refractivity contribution < 1.29 is 19.7 Å². The van der Waals surface area contributed by atoms with Crippen molar-refractivity contribution in [2.75, 3.05) is 13.1 Å². The molecule has 0 saturated carbocycles. The third-order valence-corrected chi connectivity index (χ3v) is 5.65. The molecule has 2 heterocycles. The lowest BCUT2D eigenvalue weighted by Gasteiger charge is -2.36. The Morgan fingerprint density at radius 1 is 1.20 bits per heavy atom. The Bertz CT molecular complexity index is 1020. The molecule has 1 aliphatic rings. The number of likely N-dealkylation sites (tertiary alicyclic amines) is 1. The van der Waals surface area contributed by atoms with Crippen molar-refractivity contribution in [1.82, 2.24) is 14.5 Å². The molecule has 7 nitrogen and oxygen atoms in total. The summed E-state index contributed by atoms with van der Waals surface area (Å²) in [5, 5.41) is 20.7. The van der Waals surface area contributed by atoms with E-state index in [2.05, 4.69) is 4.98 Å². The molecular weight excluding hydrogens is 406 g/mol. The molecule has 3 aromatic rings. The Labute approximate surface area is 179 Å². The van der Waals surface area contributed by atoms with Gasteiger partial charge in [-0.3, -0.25) is 4.79 Å². The predicted octanol–water partition coefficient (Wildman–Crippen LogP) is 2.61. The Kier molecular flexibility index (Phi) is 6.22. The number of fused-ring (bicyclic) bond motifs is 1. The maximum Gasteiger partial charge on any atom is 0.224 e. The standard InChI is InChI=1S/C22H24ClN3O4/c23-15-5-7-16(8-6-15)30-20-9-11-25(13-19(20)28)22(29)10-12-26-18-4-2-1-3-17(18)24-21(26)14-27/h1-8,19-20,27-28H,9-14H2/t19-,20-/m1/s1. The second kappa shape index (κ2) is 9.04. The summed E-state index contributed by atoms with van der Waals surface area (Å²) in [6.45, 7) is 0.988. The van der Waals surface area contributed by atoms with Crippen LogP contribution < -0.4 is 4.74 Å². The summed E-state index contributed by atoms with van der Waals surface area (Å²) in [6, 6.07) is 14.6. The fourth-order valence-electron chi connectivity index (χ4n) is 3.82. The van der Waals surface area contributed by atoms with Crippen LogP contribution in [0.15, 0.2) is 48.5 Å². The van der Waals surface area contributed by atoms with E-state index >= 15 is 0 Å². The molecule has 0 radical (unpaired) electrons. The summed E-state index contributed by atoms with van der Waals surface area (Å²) >= 11 is 5.89. The molecule has 0 spiro atoms. The maximum atomic E-state index is 12.7. The largest absolute Gasteiger partial charge is 0.488 e. The van der Waals surface area contributed by atoms with E-state index in [1.807, 2.05) is 28.8 Å². The zero-order valence-electron chi connectivity index (χ0n) is 16.4. The number of para-hydroxylation sites is 2. The van der Waals surface area contributed by atoms with Gasteiger partial charge >= 0.3 is 0 Å². The third-order valence-electron chi connectivity index (χ3n) is 5.40. The number of piperidine rings is 1. The van der Waals surface area contributed by atoms with Gasteiger partial charge in [0, 0.05) is 31.0 Å². The van der Waals surface area contributed by atoms with E-state index in [1.54, 1.807) is 29.2 Å². The van der Waals surface area contributed by atoms with Gasteiger partial charge in [-0.25, -0.2) is 4.98 Å². The number of rotatable bonds is 6. The molecule has 1 fully saturated rings. The average molecular weight is 430 g/mol. The molecule has 2 N–H and O–H groups in total. The first-order chi connectivity index (χ1) is 14.5. The van der Waals surface area contributed by atoms with Crippen LogP contribution in [0.4, 0.5) is 0 Å². The average Bonchev–Trinajstić information content (AvgIpc) is 3.12. The van der Waals surface area contributed by atoms with Crippen molar-refractivity contribution >= 4 is 28.5 Å². The lowest BCUT2D eigenvalue weighted by atomic mass is 10.0. The number of benzene rings is 2. The number of nitrogens with zero attached hydrogens (tertiary/aromatic N) is 3. The first-order valence-electron chi connectivity index (χ1n) is 9.98. The molecule has 0 bridgehead atoms. The Morgan fingerprint density at radius 2 is 1.97 bits per heavy atom. The van der Waals surface area contributed by atoms with Crippen molar-refractivity contribution in [2.24, 2.45) is 0 Å². The van der Waals surface area contributed by atoms with Crippen LogP contribution in [0.1, 0.15) is 18.7 Å². The maximum absolute atomic E-state index is 12.7. The fraction of sp³-hybridized carbons (Fsp3) is 0.364. The molecule has 158 valence electrons. The molecular formula is C22H24ClN3O4. The minimum Gasteiger partial charge on any atom is -0.488 e. The number of aliphatic hydroxyl groups is 2. The van der Waals surface area contributed by atoms with Crippen LogP contribution in [-0.2, 0) is 17.9 Å². The number of hydrogen-bond acceptors (Lipinski definition) is 5. The van der Waals surface area contributed by atoms with Gasteiger partial charge < -0.3 is 24.4 Å². The molecule has 1 amide bonds. The van der Waals surface area contributed by atoms with E-state index in [1.165, 1.54) is 0 Å². The summed E-state index contributed by atoms with van der Waals surface area (Å²) in [4.78, 5) is 18.8. The number of carbonyl (C=O) groups excluding carboxylic acids is 1. The van der Waals surface area contributed by atoms with Gasteiger partial charge in [0.2, 0.25) is 5.91 Å². The fourth-order valence-corrected chi connectivity index (χ4v) is 3.95. The van der Waals surface area contributed by atoms with Crippen LogP contribution >= 0.6 is 11.6 Å². The van der Waals surface area contributed by atoms with Crippen LogP contribution in [0, 0.1) is 0 Å². The smallest absolute Gasteiger partial charge is 0.224 e. The zero-order valence-corrected chi connectivity index (χ0v) is 17.2. The van der Waals surface area contributed by atoms with Crippen LogP contribution in [0.2, 0.25) is 5.02 Å². The molecule has 2 atom stereocenters. The number of amides is 1. The van der Waals surface area contributed by atoms with E-state index in [9.17, 15) is 15.0 Å². The lowest BCUT2D eigenvalue weighted by molar-refractivity contribution is -0.137. The number of carbonyl (C=O) groups is 1. The summed E-state index contributed by atoms with van der Waals surface area (Å²) in [5.41, 5.74) is 1.69. The Morgan fingerprint density at radius 3 is 2.70 bits per heavy atom. The second-order valence-corrected chi connectivity index (χ2v) is 7.82. The van der Waals surface area contributed by atoms with Crippen molar-refractivity contribution in [2.45, 2.75) is 38.2 Å². The van der Waals surface area contributed by atoms with Crippen molar-refractivity contribution in [1.29, 1.82) is 0 Å². The molecule has 8 heteroatoms. The van der Waals surface area contributed by atoms with Gasteiger partial charge in [0.25, 0.3) is 0 Å². The number of hydrogen-bond donors (Lipinski definition) is 2. The number of ether oxygens (including phenoxy) is 1. The Balaban J connectivity index is 1.35. The first-order valence-corrected chi connectivity index (χ1v) is 10.4. The number of aliphatic hydroxyl groups excluding tert-OH is 2. The summed E-state index contributed by atoms with van der Waals surface area (Å²) in [7, 11) is 0. The summed E-state index contributed by atoms with van der Waals surface area (Å²) in [6.07, 6.45) is -0.317. The van der Waals surface area contributed by atoms with Gasteiger partial charge in [0.15, 0.2) is 0 Å². The van der Waals surface area contributed by atoms with E-state index in [4.69, 9.17) is 16.3 Å². The number of imidazole rings is 1. The molecule has 30 heavy (non-hydrogen) atoms. The first kappa shape index (κ1) is 20.7. The third kappa shape index (κ3) is 4.43. The van der Waals surface area contributed by atoms with E-state index < -0.39 is 6.10 Å². The second-order valence-electron chi connectivity index (χ2n) is 7.38. The van der Waals surface area contributed by atoms with E-state index in [0.29, 0.717) is 36.1 Å². The van der Waals surface area contributed by atoms with Crippen molar-refractivity contribution in [3.63, 3.8) is 0 Å². The van der Waals surface area contributed by atoms with E-state index in [-0.39, 0.29) is 31.6 Å². The minimum absolute atomic E-state index is 0.0411. The molecule has 1 aliphatic heterocycles. The summed E-state index contributed by atoms with van der Waals surface area (Å²) < 4.78 is 7.74. The highest BCUT2D eigenvalue weighted by atomic mass is 35.5. The molecule has 2 aromatic carbocycles. The highest BCUT2D eigenvalue weighted by molar-refractivity contribution is 6.30. The van der Waals surface area contributed by atoms with Gasteiger partial charge in [0.1, 0.15) is 30.4 Å². The predicted molar refractivity (Wildman–Crippen MR) is 113 cm³/mol. The number of β-amino-alcohol motifs (C(OH)–C–C–N with tert-alkyl or cyclic N) is 1. The van der Waals surface area contributed by atoms with Crippen LogP contribution in [0.25, 0.3) is 11.0 Å². The number of aryl methyl sites for hydroxylation is 1. The SMILES string of the molecule is O=C(CCn1c(CO)nc2ccccc21)N1CC[C@@H](Oc2ccc(Cl)cc2)[C@H](O)C1. The van der Waals surface area contributed by atoms with Crippen molar-refractivity contribution in [3.05, 3.63) is 59.4 Å². The molecule has 0 aliphatic carbocycles. The van der Waals surface area contributed by atoms with Gasteiger partial charge in [-0.15, -0.1) is 0 Å². The van der Waals surface area contributed by atoms with Crippen LogP contribution in [0.3, 0.4) is 0 Å². The molecule has 0 unspecified atom stereocenters. The lowest BCUT2D eigenvalue weighted by Crippen LogP contribution is -2.51. The quantitative estimate of drug-likeness (QED) is 0.629. The van der Waals surface area contributed by atoms with Crippen LogP contribution in [-0.4, -0.2) is 55.9 Å². The van der Waals surface area contributed by atoms with Gasteiger partial charge in [-0.05, 0) is 36.4 Å². The monoisotopic (exact) mass is 429 g/mol. The topological polar surface area (TPSA) is 87.8 Å². The zero-order chi connectivity index (χ0) is 21.1. The number of halogens is 1. The minimum atomic E-state index is -0.763. The van der Waals surface area contributed by atoms with Crippen LogP contribution in [0.5, 0.6) is 5.75 Å². The molecule has 4 rings (SSSR count). The highest BCUT2D eigenvalue weighted by Gasteiger charge is 2.31. The van der Waals surface area contributed by atoms with Gasteiger partial charge in [-0.1, -0.05) is 23.7 Å². The highest BCUT2D eigenvalue weighted by Crippen LogP contribution is 2.22. The van der Waals surface area contributed by atoms with Gasteiger partial charge in [0.05, 0.1) is 17.6 Å². The van der Waals surface area contributed by atoms with Gasteiger partial charge in [-0.2, -0.15) is 0 Å². The van der Waals surface area contributed by atoms with E-state index in [0.717, 1.165) is 11.0 Å². The number of aromatic nitrogens is 2. The molecule has 1 aromatic heterocycles. The van der Waals surface area contributed by atoms with Crippen molar-refractivity contribution in [3.8, 4) is 5.75 Å². The molecule has 1 saturated heterocycles. The normalized spacial score (nSPS) is 19.2. The Hall–Kier alpha value is -2.61. The summed E-state index contributed by atoms with van der Waals surface area (Å²) in [5.74, 6) is 1.14.